The molecule has 5 heteroatoms. The molecule has 1 amide bonds. The SMILES string of the molecule is Cc1ccc(S(=O)(=O)CCC(=O)Nc2ccc(C)c(C)c2)cc1. The molecule has 2 aromatic rings. The Bertz CT molecular complexity index is 809. The molecule has 0 radical (unpaired) electrons. The summed E-state index contributed by atoms with van der Waals surface area (Å²) in [5.41, 5.74) is 3.90. The van der Waals surface area contributed by atoms with Gasteiger partial charge in [-0.3, -0.25) is 4.79 Å². The lowest BCUT2D eigenvalue weighted by Crippen LogP contribution is -2.17. The summed E-state index contributed by atoms with van der Waals surface area (Å²) in [7, 11) is -3.44. The Morgan fingerprint density at radius 2 is 1.61 bits per heavy atom. The van der Waals surface area contributed by atoms with Gasteiger partial charge >= 0.3 is 0 Å². The predicted octanol–water partition coefficient (Wildman–Crippen LogP) is 3.41. The Kier molecular flexibility index (Phi) is 5.21. The fourth-order valence-corrected chi connectivity index (χ4v) is 3.37. The molecule has 0 saturated heterocycles. The molecule has 0 aliphatic rings. The smallest absolute Gasteiger partial charge is 0.225 e. The van der Waals surface area contributed by atoms with E-state index in [0.717, 1.165) is 16.7 Å². The zero-order chi connectivity index (χ0) is 17.0. The molecular weight excluding hydrogens is 310 g/mol. The molecule has 0 bridgehead atoms. The number of sulfone groups is 1. The summed E-state index contributed by atoms with van der Waals surface area (Å²) >= 11 is 0. The molecule has 122 valence electrons. The van der Waals surface area contributed by atoms with Gasteiger partial charge in [0.1, 0.15) is 0 Å². The van der Waals surface area contributed by atoms with Gasteiger partial charge in [0, 0.05) is 12.1 Å². The first-order valence-corrected chi connectivity index (χ1v) is 9.10. The second-order valence-electron chi connectivity index (χ2n) is 5.73. The van der Waals surface area contributed by atoms with Crippen LogP contribution in [0.15, 0.2) is 47.4 Å². The zero-order valence-electron chi connectivity index (χ0n) is 13.6. The standard InChI is InChI=1S/C18H21NO3S/c1-13-4-8-17(9-5-13)23(21,22)11-10-18(20)19-16-7-6-14(2)15(3)12-16/h4-9,12H,10-11H2,1-3H3,(H,19,20). The Hall–Kier alpha value is -2.14. The summed E-state index contributed by atoms with van der Waals surface area (Å²) < 4.78 is 24.4. The molecule has 1 N–H and O–H groups in total. The molecule has 0 aromatic heterocycles. The number of amides is 1. The number of rotatable bonds is 5. The largest absolute Gasteiger partial charge is 0.326 e. The van der Waals surface area contributed by atoms with Crippen molar-refractivity contribution in [1.82, 2.24) is 0 Å². The van der Waals surface area contributed by atoms with Gasteiger partial charge in [-0.2, -0.15) is 0 Å². The Labute approximate surface area is 137 Å². The van der Waals surface area contributed by atoms with E-state index in [-0.39, 0.29) is 23.0 Å². The summed E-state index contributed by atoms with van der Waals surface area (Å²) in [6, 6.07) is 12.3. The van der Waals surface area contributed by atoms with Crippen LogP contribution in [0.4, 0.5) is 5.69 Å². The summed E-state index contributed by atoms with van der Waals surface area (Å²) in [5.74, 6) is -0.504. The van der Waals surface area contributed by atoms with Crippen LogP contribution in [0.25, 0.3) is 0 Å². The fourth-order valence-electron chi connectivity index (χ4n) is 2.13. The third kappa shape index (κ3) is 4.66. The minimum atomic E-state index is -3.44. The Morgan fingerprint density at radius 1 is 0.957 bits per heavy atom. The van der Waals surface area contributed by atoms with Gasteiger partial charge in [-0.15, -0.1) is 0 Å². The molecule has 0 heterocycles. The van der Waals surface area contributed by atoms with Crippen molar-refractivity contribution in [2.75, 3.05) is 11.1 Å². The van der Waals surface area contributed by atoms with E-state index < -0.39 is 9.84 Å². The zero-order valence-corrected chi connectivity index (χ0v) is 14.4. The van der Waals surface area contributed by atoms with Crippen LogP contribution in [0.5, 0.6) is 0 Å². The summed E-state index contributed by atoms with van der Waals surface area (Å²) in [4.78, 5) is 12.2. The highest BCUT2D eigenvalue weighted by Gasteiger charge is 2.16. The van der Waals surface area contributed by atoms with Crippen LogP contribution in [0, 0.1) is 20.8 Å². The molecule has 2 aromatic carbocycles. The summed E-state index contributed by atoms with van der Waals surface area (Å²) in [6.07, 6.45) is -0.0663. The number of benzene rings is 2. The number of carbonyl (C=O) groups is 1. The molecule has 0 unspecified atom stereocenters. The summed E-state index contributed by atoms with van der Waals surface area (Å²) in [6.45, 7) is 5.86. The van der Waals surface area contributed by atoms with E-state index in [1.807, 2.05) is 39.0 Å². The van der Waals surface area contributed by atoms with Crippen LogP contribution in [0.3, 0.4) is 0 Å². The number of carbonyl (C=O) groups excluding carboxylic acids is 1. The van der Waals surface area contributed by atoms with Crippen LogP contribution < -0.4 is 5.32 Å². The van der Waals surface area contributed by atoms with Gasteiger partial charge in [0.15, 0.2) is 9.84 Å². The van der Waals surface area contributed by atoms with Crippen LogP contribution in [0.1, 0.15) is 23.1 Å². The van der Waals surface area contributed by atoms with Gasteiger partial charge in [-0.1, -0.05) is 23.8 Å². The van der Waals surface area contributed by atoms with E-state index in [1.165, 1.54) is 0 Å². The number of nitrogens with one attached hydrogen (secondary N) is 1. The van der Waals surface area contributed by atoms with Crippen molar-refractivity contribution in [3.63, 3.8) is 0 Å². The van der Waals surface area contributed by atoms with Gasteiger partial charge in [0.2, 0.25) is 5.91 Å². The van der Waals surface area contributed by atoms with Crippen molar-refractivity contribution >= 4 is 21.4 Å². The summed E-state index contributed by atoms with van der Waals surface area (Å²) in [5, 5.41) is 2.74. The maximum Gasteiger partial charge on any atom is 0.225 e. The van der Waals surface area contributed by atoms with Gasteiger partial charge in [-0.25, -0.2) is 8.42 Å². The van der Waals surface area contributed by atoms with Crippen molar-refractivity contribution < 1.29 is 13.2 Å². The Balaban J connectivity index is 1.98. The third-order valence-corrected chi connectivity index (χ3v) is 5.50. The second kappa shape index (κ2) is 6.96. The minimum absolute atomic E-state index is 0.0663. The van der Waals surface area contributed by atoms with Crippen LogP contribution in [0.2, 0.25) is 0 Å². The highest BCUT2D eigenvalue weighted by molar-refractivity contribution is 7.91. The van der Waals surface area contributed by atoms with E-state index in [4.69, 9.17) is 0 Å². The molecule has 0 aliphatic carbocycles. The lowest BCUT2D eigenvalue weighted by molar-refractivity contribution is -0.115. The minimum Gasteiger partial charge on any atom is -0.326 e. The van der Waals surface area contributed by atoms with Crippen LogP contribution in [-0.2, 0) is 14.6 Å². The molecule has 0 spiro atoms. The maximum atomic E-state index is 12.2. The first-order chi connectivity index (χ1) is 10.8. The number of anilines is 1. The monoisotopic (exact) mass is 331 g/mol. The molecule has 0 aliphatic heterocycles. The third-order valence-electron chi connectivity index (χ3n) is 3.77. The van der Waals surface area contributed by atoms with Crippen molar-refractivity contribution in [3.05, 3.63) is 59.2 Å². The lowest BCUT2D eigenvalue weighted by Gasteiger charge is -2.08. The fraction of sp³-hybridized carbons (Fsp3) is 0.278. The highest BCUT2D eigenvalue weighted by atomic mass is 32.2. The van der Waals surface area contributed by atoms with E-state index in [9.17, 15) is 13.2 Å². The van der Waals surface area contributed by atoms with Crippen LogP contribution >= 0.6 is 0 Å². The highest BCUT2D eigenvalue weighted by Crippen LogP contribution is 2.16. The molecule has 0 saturated carbocycles. The molecule has 2 rings (SSSR count). The molecule has 4 nitrogen and oxygen atoms in total. The number of hydrogen-bond donors (Lipinski definition) is 1. The molecule has 0 atom stereocenters. The molecule has 0 fully saturated rings. The maximum absolute atomic E-state index is 12.2. The second-order valence-corrected chi connectivity index (χ2v) is 7.84. The van der Waals surface area contributed by atoms with Gasteiger partial charge in [-0.05, 0) is 56.2 Å². The first-order valence-electron chi connectivity index (χ1n) is 7.44. The van der Waals surface area contributed by atoms with Crippen molar-refractivity contribution in [3.8, 4) is 0 Å². The van der Waals surface area contributed by atoms with E-state index in [2.05, 4.69) is 5.32 Å². The normalized spacial score (nSPS) is 11.3. The quantitative estimate of drug-likeness (QED) is 0.913. The average molecular weight is 331 g/mol. The van der Waals surface area contributed by atoms with Gasteiger partial charge < -0.3 is 5.32 Å². The van der Waals surface area contributed by atoms with E-state index in [0.29, 0.717) is 5.69 Å². The van der Waals surface area contributed by atoms with E-state index in [1.54, 1.807) is 24.3 Å². The van der Waals surface area contributed by atoms with Crippen molar-refractivity contribution in [2.24, 2.45) is 0 Å². The average Bonchev–Trinajstić information content (AvgIpc) is 2.50. The van der Waals surface area contributed by atoms with Crippen LogP contribution in [-0.4, -0.2) is 20.1 Å². The molecular formula is C18H21NO3S. The van der Waals surface area contributed by atoms with Gasteiger partial charge in [0.05, 0.1) is 10.6 Å². The van der Waals surface area contributed by atoms with Crippen molar-refractivity contribution in [1.29, 1.82) is 0 Å². The first kappa shape index (κ1) is 17.2. The molecule has 23 heavy (non-hydrogen) atoms. The predicted molar refractivity (Wildman–Crippen MR) is 92.4 cm³/mol. The topological polar surface area (TPSA) is 63.2 Å². The van der Waals surface area contributed by atoms with E-state index >= 15 is 0 Å². The van der Waals surface area contributed by atoms with Gasteiger partial charge in [0.25, 0.3) is 0 Å². The number of aryl methyl sites for hydroxylation is 3. The Morgan fingerprint density at radius 3 is 2.22 bits per heavy atom. The van der Waals surface area contributed by atoms with Crippen molar-refractivity contribution in [2.45, 2.75) is 32.1 Å². The lowest BCUT2D eigenvalue weighted by atomic mass is 10.1. The number of hydrogen-bond acceptors (Lipinski definition) is 3.